The van der Waals surface area contributed by atoms with Gasteiger partial charge in [-0.25, -0.2) is 0 Å². The molecule has 2 amide bonds. The third-order valence-electron chi connectivity index (χ3n) is 5.30. The summed E-state index contributed by atoms with van der Waals surface area (Å²) < 4.78 is 1.83. The Kier molecular flexibility index (Phi) is 2.77. The molecule has 1 saturated carbocycles. The minimum atomic E-state index is -0.0732. The highest BCUT2D eigenvalue weighted by Crippen LogP contribution is 2.55. The van der Waals surface area contributed by atoms with E-state index < -0.39 is 0 Å². The van der Waals surface area contributed by atoms with Crippen molar-refractivity contribution in [3.63, 3.8) is 0 Å². The van der Waals surface area contributed by atoms with Crippen LogP contribution in [0.4, 0.5) is 0 Å². The molecule has 1 saturated heterocycles. The van der Waals surface area contributed by atoms with Crippen LogP contribution in [0.2, 0.25) is 0 Å². The largest absolute Gasteiger partial charge is 0.282 e. The van der Waals surface area contributed by atoms with Gasteiger partial charge in [0.1, 0.15) is 0 Å². The second-order valence-corrected chi connectivity index (χ2v) is 6.42. The predicted molar refractivity (Wildman–Crippen MR) is 75.9 cm³/mol. The lowest BCUT2D eigenvalue weighted by molar-refractivity contribution is -0.140. The maximum Gasteiger partial charge on any atom is 0.233 e. The molecular weight excluding hydrogens is 266 g/mol. The fraction of sp³-hybridized carbons (Fsp3) is 0.562. The first-order chi connectivity index (χ1) is 10.2. The molecule has 2 heterocycles. The minimum absolute atomic E-state index is 0.0571. The molecule has 0 spiro atoms. The number of nitrogens with zero attached hydrogens (tertiary/aromatic N) is 3. The number of aromatic nitrogens is 2. The molecule has 1 aliphatic heterocycles. The standard InChI is InChI=1S/C16H19N3O2/c1-10-8-11-9-12(10)14-13(11)15(20)19(16(14)21)7-3-6-18-5-2-4-17-18/h2,4-5,8,11-14H,3,6-7,9H2,1H3/t11-,12-,13?,14?/m0/s1. The maximum atomic E-state index is 12.6. The molecule has 110 valence electrons. The molecule has 0 N–H and O–H groups in total. The van der Waals surface area contributed by atoms with Crippen LogP contribution in [0, 0.1) is 23.7 Å². The highest BCUT2D eigenvalue weighted by molar-refractivity contribution is 6.06. The van der Waals surface area contributed by atoms with Crippen molar-refractivity contribution in [1.29, 1.82) is 0 Å². The smallest absolute Gasteiger partial charge is 0.233 e. The molecule has 4 atom stereocenters. The van der Waals surface area contributed by atoms with Gasteiger partial charge in [0.25, 0.3) is 0 Å². The molecule has 1 aromatic rings. The van der Waals surface area contributed by atoms with Crippen LogP contribution in [0.1, 0.15) is 19.8 Å². The summed E-state index contributed by atoms with van der Waals surface area (Å²) in [4.78, 5) is 26.6. The first-order valence-electron chi connectivity index (χ1n) is 7.68. The van der Waals surface area contributed by atoms with Crippen molar-refractivity contribution < 1.29 is 9.59 Å². The molecule has 21 heavy (non-hydrogen) atoms. The summed E-state index contributed by atoms with van der Waals surface area (Å²) in [5.41, 5.74) is 1.31. The monoisotopic (exact) mass is 285 g/mol. The van der Waals surface area contributed by atoms with Crippen molar-refractivity contribution in [3.8, 4) is 0 Å². The number of allylic oxidation sites excluding steroid dienone is 2. The summed E-state index contributed by atoms with van der Waals surface area (Å²) in [6.45, 7) is 3.35. The number of fused-ring (bicyclic) bond motifs is 5. The molecule has 2 aliphatic carbocycles. The molecule has 4 rings (SSSR count). The summed E-state index contributed by atoms with van der Waals surface area (Å²) in [5, 5.41) is 4.14. The van der Waals surface area contributed by atoms with Crippen LogP contribution in [0.3, 0.4) is 0 Å². The van der Waals surface area contributed by atoms with Crippen molar-refractivity contribution >= 4 is 11.8 Å². The van der Waals surface area contributed by atoms with Crippen LogP contribution in [-0.4, -0.2) is 33.0 Å². The van der Waals surface area contributed by atoms with Crippen molar-refractivity contribution in [3.05, 3.63) is 30.1 Å². The second-order valence-electron chi connectivity index (χ2n) is 6.42. The molecule has 2 bridgehead atoms. The Hall–Kier alpha value is -1.91. The van der Waals surface area contributed by atoms with Gasteiger partial charge < -0.3 is 0 Å². The van der Waals surface area contributed by atoms with E-state index in [1.54, 1.807) is 6.20 Å². The maximum absolute atomic E-state index is 12.6. The van der Waals surface area contributed by atoms with Gasteiger partial charge in [0, 0.05) is 25.5 Å². The predicted octanol–water partition coefficient (Wildman–Crippen LogP) is 1.47. The summed E-state index contributed by atoms with van der Waals surface area (Å²) in [5.74, 6) is 0.584. The summed E-state index contributed by atoms with van der Waals surface area (Å²) in [6, 6.07) is 1.88. The number of likely N-dealkylation sites (tertiary alicyclic amines) is 1. The molecule has 2 fully saturated rings. The fourth-order valence-corrected chi connectivity index (χ4v) is 4.38. The molecule has 3 aliphatic rings. The molecule has 0 radical (unpaired) electrons. The lowest BCUT2D eigenvalue weighted by Gasteiger charge is -2.19. The fourth-order valence-electron chi connectivity index (χ4n) is 4.38. The Balaban J connectivity index is 1.44. The van der Waals surface area contributed by atoms with Crippen LogP contribution in [0.5, 0.6) is 0 Å². The number of carbonyl (C=O) groups is 2. The van der Waals surface area contributed by atoms with Crippen LogP contribution in [0.25, 0.3) is 0 Å². The first kappa shape index (κ1) is 12.8. The zero-order valence-corrected chi connectivity index (χ0v) is 12.1. The van der Waals surface area contributed by atoms with Crippen LogP contribution in [0.15, 0.2) is 30.1 Å². The first-order valence-corrected chi connectivity index (χ1v) is 7.68. The van der Waals surface area contributed by atoms with Gasteiger partial charge in [-0.3, -0.25) is 19.2 Å². The van der Waals surface area contributed by atoms with Gasteiger partial charge >= 0.3 is 0 Å². The van der Waals surface area contributed by atoms with E-state index >= 15 is 0 Å². The van der Waals surface area contributed by atoms with Crippen molar-refractivity contribution in [2.45, 2.75) is 26.3 Å². The third-order valence-corrected chi connectivity index (χ3v) is 5.30. The van der Waals surface area contributed by atoms with E-state index in [0.717, 1.165) is 19.4 Å². The van der Waals surface area contributed by atoms with Crippen molar-refractivity contribution in [1.82, 2.24) is 14.7 Å². The van der Waals surface area contributed by atoms with Gasteiger partial charge in [0.15, 0.2) is 0 Å². The van der Waals surface area contributed by atoms with E-state index in [2.05, 4.69) is 18.1 Å². The van der Waals surface area contributed by atoms with Gasteiger partial charge in [-0.2, -0.15) is 5.10 Å². The third kappa shape index (κ3) is 1.79. The zero-order chi connectivity index (χ0) is 14.6. The number of hydrogen-bond acceptors (Lipinski definition) is 3. The van der Waals surface area contributed by atoms with E-state index in [1.165, 1.54) is 10.5 Å². The Labute approximate surface area is 123 Å². The normalized spacial score (nSPS) is 33.8. The quantitative estimate of drug-likeness (QED) is 0.622. The van der Waals surface area contributed by atoms with E-state index in [-0.39, 0.29) is 23.7 Å². The lowest BCUT2D eigenvalue weighted by Crippen LogP contribution is -2.34. The van der Waals surface area contributed by atoms with Crippen LogP contribution >= 0.6 is 0 Å². The lowest BCUT2D eigenvalue weighted by atomic mass is 9.82. The number of aryl methyl sites for hydroxylation is 1. The Morgan fingerprint density at radius 2 is 2.05 bits per heavy atom. The number of amides is 2. The summed E-state index contributed by atoms with van der Waals surface area (Å²) in [6.07, 6.45) is 7.61. The molecule has 0 aromatic carbocycles. The number of rotatable bonds is 4. The zero-order valence-electron chi connectivity index (χ0n) is 12.1. The van der Waals surface area contributed by atoms with E-state index in [9.17, 15) is 9.59 Å². The Morgan fingerprint density at radius 3 is 2.81 bits per heavy atom. The Bertz CT molecular complexity index is 619. The number of carbonyl (C=O) groups excluding carboxylic acids is 2. The average molecular weight is 285 g/mol. The molecule has 5 heteroatoms. The van der Waals surface area contributed by atoms with Crippen molar-refractivity contribution in [2.24, 2.45) is 23.7 Å². The molecule has 2 unspecified atom stereocenters. The number of hydrogen-bond donors (Lipinski definition) is 0. The van der Waals surface area contributed by atoms with E-state index in [0.29, 0.717) is 18.4 Å². The van der Waals surface area contributed by atoms with Gasteiger partial charge in [-0.1, -0.05) is 11.6 Å². The summed E-state index contributed by atoms with van der Waals surface area (Å²) in [7, 11) is 0. The second kappa shape index (κ2) is 4.55. The summed E-state index contributed by atoms with van der Waals surface area (Å²) >= 11 is 0. The van der Waals surface area contributed by atoms with Crippen LogP contribution in [-0.2, 0) is 16.1 Å². The van der Waals surface area contributed by atoms with E-state index in [1.807, 2.05) is 16.9 Å². The van der Waals surface area contributed by atoms with Gasteiger partial charge in [-0.05, 0) is 37.7 Å². The molecule has 5 nitrogen and oxygen atoms in total. The van der Waals surface area contributed by atoms with E-state index in [4.69, 9.17) is 0 Å². The Morgan fingerprint density at radius 1 is 1.24 bits per heavy atom. The topological polar surface area (TPSA) is 55.2 Å². The highest BCUT2D eigenvalue weighted by atomic mass is 16.2. The van der Waals surface area contributed by atoms with Gasteiger partial charge in [-0.15, -0.1) is 0 Å². The molecular formula is C16H19N3O2. The SMILES string of the molecule is CC1=C[C@H]2C[C@@H]1C1C(=O)N(CCCn3cccn3)C(=O)C12. The molecule has 1 aromatic heterocycles. The van der Waals surface area contributed by atoms with Gasteiger partial charge in [0.05, 0.1) is 11.8 Å². The highest BCUT2D eigenvalue weighted by Gasteiger charge is 2.60. The number of imide groups is 1. The average Bonchev–Trinajstić information content (AvgIpc) is 3.19. The van der Waals surface area contributed by atoms with Crippen LogP contribution < -0.4 is 0 Å². The minimum Gasteiger partial charge on any atom is -0.282 e. The van der Waals surface area contributed by atoms with Gasteiger partial charge in [0.2, 0.25) is 11.8 Å². The van der Waals surface area contributed by atoms with Crippen molar-refractivity contribution in [2.75, 3.05) is 6.54 Å².